The van der Waals surface area contributed by atoms with Crippen molar-refractivity contribution in [2.45, 2.75) is 0 Å². The van der Waals surface area contributed by atoms with Crippen molar-refractivity contribution >= 4 is 16.7 Å². The third-order valence-corrected chi connectivity index (χ3v) is 2.01. The van der Waals surface area contributed by atoms with Crippen LogP contribution in [0, 0.1) is 0 Å². The Morgan fingerprint density at radius 2 is 2.21 bits per heavy atom. The van der Waals surface area contributed by atoms with Crippen LogP contribution >= 0.6 is 0 Å². The van der Waals surface area contributed by atoms with Crippen LogP contribution in [0.5, 0.6) is 5.75 Å². The van der Waals surface area contributed by atoms with Crippen molar-refractivity contribution in [2.75, 3.05) is 0 Å². The molecule has 0 bridgehead atoms. The fourth-order valence-corrected chi connectivity index (χ4v) is 1.35. The molecule has 1 N–H and O–H groups in total. The molecule has 2 heterocycles. The minimum atomic E-state index is 0.174. The summed E-state index contributed by atoms with van der Waals surface area (Å²) in [6.07, 6.45) is 1.65. The number of tetrazole rings is 1. The van der Waals surface area contributed by atoms with Gasteiger partial charge in [0.2, 0.25) is 0 Å². The molecule has 14 heavy (non-hydrogen) atoms. The summed E-state index contributed by atoms with van der Waals surface area (Å²) in [6, 6.07) is 5.12. The van der Waals surface area contributed by atoms with Crippen molar-refractivity contribution in [3.05, 3.63) is 24.4 Å². The molecule has 0 saturated heterocycles. The van der Waals surface area contributed by atoms with Gasteiger partial charge in [0.15, 0.2) is 0 Å². The molecule has 0 aliphatic heterocycles. The van der Waals surface area contributed by atoms with Crippen LogP contribution in [-0.4, -0.2) is 30.1 Å². The third-order valence-electron chi connectivity index (χ3n) is 2.01. The molecule has 0 radical (unpaired) electrons. The average molecular weight is 187 g/mol. The van der Waals surface area contributed by atoms with Gasteiger partial charge in [-0.3, -0.25) is 0 Å². The number of aromatic nitrogens is 5. The largest absolute Gasteiger partial charge is 0.507 e. The smallest absolute Gasteiger partial charge is 0.273 e. The van der Waals surface area contributed by atoms with Crippen LogP contribution in [0.2, 0.25) is 0 Å². The lowest BCUT2D eigenvalue weighted by Gasteiger charge is -1.98. The summed E-state index contributed by atoms with van der Waals surface area (Å²) in [5.41, 5.74) is 0.673. The molecule has 0 unspecified atom stereocenters. The summed E-state index contributed by atoms with van der Waals surface area (Å²) in [6.45, 7) is 0. The Labute approximate surface area is 77.8 Å². The van der Waals surface area contributed by atoms with Gasteiger partial charge in [0.05, 0.1) is 10.9 Å². The van der Waals surface area contributed by atoms with Gasteiger partial charge < -0.3 is 5.11 Å². The standard InChI is InChI=1S/C8H5N5O/c14-7-3-1-2-6-5(7)4-13-8(9-6)10-11-12-13/h1-4,14H. The summed E-state index contributed by atoms with van der Waals surface area (Å²) >= 11 is 0. The fraction of sp³-hybridized carbons (Fsp3) is 0. The maximum atomic E-state index is 9.55. The number of aromatic hydroxyl groups is 1. The first-order chi connectivity index (χ1) is 6.84. The summed E-state index contributed by atoms with van der Waals surface area (Å²) in [5.74, 6) is 0.593. The maximum absolute atomic E-state index is 9.55. The first kappa shape index (κ1) is 7.19. The highest BCUT2D eigenvalue weighted by Crippen LogP contribution is 2.21. The van der Waals surface area contributed by atoms with Crippen molar-refractivity contribution in [3.63, 3.8) is 0 Å². The normalized spacial score (nSPS) is 11.1. The Bertz CT molecular complexity index is 617. The molecule has 6 heteroatoms. The minimum absolute atomic E-state index is 0.174. The van der Waals surface area contributed by atoms with E-state index in [1.54, 1.807) is 24.4 Å². The highest BCUT2D eigenvalue weighted by atomic mass is 16.3. The topological polar surface area (TPSA) is 76.2 Å². The zero-order valence-corrected chi connectivity index (χ0v) is 6.99. The molecule has 0 amide bonds. The lowest BCUT2D eigenvalue weighted by Crippen LogP contribution is -1.91. The van der Waals surface area contributed by atoms with Crippen LogP contribution in [0.15, 0.2) is 24.4 Å². The zero-order chi connectivity index (χ0) is 9.54. The Hall–Kier alpha value is -2.24. The summed E-state index contributed by atoms with van der Waals surface area (Å²) in [5, 5.41) is 21.1. The van der Waals surface area contributed by atoms with Crippen molar-refractivity contribution < 1.29 is 5.11 Å². The number of fused-ring (bicyclic) bond motifs is 2. The molecule has 2 aromatic heterocycles. The summed E-state index contributed by atoms with van der Waals surface area (Å²) < 4.78 is 1.42. The van der Waals surface area contributed by atoms with Gasteiger partial charge >= 0.3 is 0 Å². The monoisotopic (exact) mass is 187 g/mol. The van der Waals surface area contributed by atoms with Crippen molar-refractivity contribution in [1.82, 2.24) is 25.0 Å². The molecule has 0 fully saturated rings. The fourth-order valence-electron chi connectivity index (χ4n) is 1.35. The molecule has 6 nitrogen and oxygen atoms in total. The number of rotatable bonds is 0. The minimum Gasteiger partial charge on any atom is -0.507 e. The SMILES string of the molecule is Oc1cccc2nc3nnnn3cc12. The second-order valence-corrected chi connectivity index (χ2v) is 2.87. The number of phenols is 1. The predicted molar refractivity (Wildman–Crippen MR) is 47.7 cm³/mol. The van der Waals surface area contributed by atoms with E-state index in [9.17, 15) is 5.11 Å². The van der Waals surface area contributed by atoms with Gasteiger partial charge in [0.1, 0.15) is 5.75 Å². The molecular formula is C8H5N5O. The molecule has 68 valence electrons. The van der Waals surface area contributed by atoms with Crippen LogP contribution in [0.25, 0.3) is 16.7 Å². The number of benzene rings is 1. The second-order valence-electron chi connectivity index (χ2n) is 2.87. The van der Waals surface area contributed by atoms with Crippen molar-refractivity contribution in [2.24, 2.45) is 0 Å². The molecule has 1 aromatic carbocycles. The molecular weight excluding hydrogens is 182 g/mol. The van der Waals surface area contributed by atoms with Crippen molar-refractivity contribution in [3.8, 4) is 5.75 Å². The van der Waals surface area contributed by atoms with E-state index in [0.717, 1.165) is 0 Å². The van der Waals surface area contributed by atoms with E-state index in [-0.39, 0.29) is 5.75 Å². The van der Waals surface area contributed by atoms with Crippen molar-refractivity contribution in [1.29, 1.82) is 0 Å². The van der Waals surface area contributed by atoms with Crippen LogP contribution < -0.4 is 0 Å². The van der Waals surface area contributed by atoms with E-state index >= 15 is 0 Å². The Morgan fingerprint density at radius 1 is 1.29 bits per heavy atom. The Balaban J connectivity index is 2.57. The van der Waals surface area contributed by atoms with E-state index in [4.69, 9.17) is 0 Å². The van der Waals surface area contributed by atoms with Gasteiger partial charge in [-0.2, -0.15) is 4.52 Å². The molecule has 3 aromatic rings. The van der Waals surface area contributed by atoms with E-state index in [1.807, 2.05) is 0 Å². The predicted octanol–water partition coefficient (Wildman–Crippen LogP) is 0.378. The van der Waals surface area contributed by atoms with Gasteiger partial charge in [-0.15, -0.1) is 0 Å². The van der Waals surface area contributed by atoms with E-state index < -0.39 is 0 Å². The molecule has 0 aliphatic carbocycles. The second kappa shape index (κ2) is 2.38. The molecule has 0 saturated carbocycles. The van der Waals surface area contributed by atoms with Crippen LogP contribution in [-0.2, 0) is 0 Å². The zero-order valence-electron chi connectivity index (χ0n) is 6.99. The first-order valence-corrected chi connectivity index (χ1v) is 4.01. The summed E-state index contributed by atoms with van der Waals surface area (Å²) in [4.78, 5) is 4.17. The molecule has 0 spiro atoms. The quantitative estimate of drug-likeness (QED) is 0.550. The molecule has 3 rings (SSSR count). The average Bonchev–Trinajstić information content (AvgIpc) is 2.62. The number of phenolic OH excluding ortho intramolecular Hbond substituents is 1. The first-order valence-electron chi connectivity index (χ1n) is 4.01. The van der Waals surface area contributed by atoms with Gasteiger partial charge in [0, 0.05) is 6.20 Å². The van der Waals surface area contributed by atoms with Gasteiger partial charge in [-0.05, 0) is 22.6 Å². The van der Waals surface area contributed by atoms with Gasteiger partial charge in [0.25, 0.3) is 5.78 Å². The van der Waals surface area contributed by atoms with Gasteiger partial charge in [-0.1, -0.05) is 11.2 Å². The van der Waals surface area contributed by atoms with Crippen LogP contribution in [0.1, 0.15) is 0 Å². The number of hydrogen-bond donors (Lipinski definition) is 1. The lowest BCUT2D eigenvalue weighted by molar-refractivity contribution is 0.481. The Kier molecular flexibility index (Phi) is 1.22. The Morgan fingerprint density at radius 3 is 3.14 bits per heavy atom. The number of hydrogen-bond acceptors (Lipinski definition) is 5. The molecule has 0 atom stereocenters. The highest BCUT2D eigenvalue weighted by Gasteiger charge is 2.04. The summed E-state index contributed by atoms with van der Waals surface area (Å²) in [7, 11) is 0. The lowest BCUT2D eigenvalue weighted by atomic mass is 10.2. The van der Waals surface area contributed by atoms with E-state index in [0.29, 0.717) is 16.7 Å². The highest BCUT2D eigenvalue weighted by molar-refractivity contribution is 5.84. The van der Waals surface area contributed by atoms with Crippen LogP contribution in [0.4, 0.5) is 0 Å². The third kappa shape index (κ3) is 0.846. The van der Waals surface area contributed by atoms with E-state index in [1.165, 1.54) is 4.52 Å². The number of nitrogens with zero attached hydrogens (tertiary/aromatic N) is 5. The van der Waals surface area contributed by atoms with Gasteiger partial charge in [-0.25, -0.2) is 4.98 Å². The maximum Gasteiger partial charge on any atom is 0.273 e. The van der Waals surface area contributed by atoms with E-state index in [2.05, 4.69) is 20.5 Å². The molecule has 0 aliphatic rings. The van der Waals surface area contributed by atoms with Crippen LogP contribution in [0.3, 0.4) is 0 Å².